The van der Waals surface area contributed by atoms with Gasteiger partial charge in [0.05, 0.1) is 17.3 Å². The van der Waals surface area contributed by atoms with Crippen LogP contribution >= 0.6 is 0 Å². The van der Waals surface area contributed by atoms with Crippen LogP contribution < -0.4 is 10.2 Å². The first-order valence-corrected chi connectivity index (χ1v) is 9.67. The minimum Gasteiger partial charge on any atom is -0.317 e. The molecule has 0 aliphatic carbocycles. The number of anilines is 1. The van der Waals surface area contributed by atoms with Crippen molar-refractivity contribution in [1.29, 1.82) is 0 Å². The fourth-order valence-electron chi connectivity index (χ4n) is 3.80. The van der Waals surface area contributed by atoms with Gasteiger partial charge in [0.1, 0.15) is 0 Å². The molecule has 0 unspecified atom stereocenters. The monoisotopic (exact) mass is 363 g/mol. The molecular formula is C21H25N5O. The standard InChI is InChI=1S/C21H25N5O/c27-21(17-8-11-22-12-9-17)26(14-4-7-16-5-2-1-3-6-16)19-10-13-23-20-18(19)15-24-25-20/h1-3,5-6,10,13,15,17,22H,4,7-9,11-12,14H2,(H,23,24,25). The van der Waals surface area contributed by atoms with E-state index in [0.717, 1.165) is 55.5 Å². The molecule has 6 heteroatoms. The molecule has 1 saturated heterocycles. The Balaban J connectivity index is 1.56. The molecule has 0 bridgehead atoms. The smallest absolute Gasteiger partial charge is 0.230 e. The maximum absolute atomic E-state index is 13.4. The van der Waals surface area contributed by atoms with Crippen molar-refractivity contribution in [1.82, 2.24) is 20.5 Å². The quantitative estimate of drug-likeness (QED) is 0.706. The van der Waals surface area contributed by atoms with Crippen molar-refractivity contribution in [3.63, 3.8) is 0 Å². The van der Waals surface area contributed by atoms with Gasteiger partial charge in [0, 0.05) is 18.7 Å². The average molecular weight is 363 g/mol. The summed E-state index contributed by atoms with van der Waals surface area (Å²) in [7, 11) is 0. The fraction of sp³-hybridized carbons (Fsp3) is 0.381. The van der Waals surface area contributed by atoms with Crippen molar-refractivity contribution in [2.24, 2.45) is 5.92 Å². The van der Waals surface area contributed by atoms with Crippen LogP contribution in [-0.4, -0.2) is 40.7 Å². The number of piperidine rings is 1. The van der Waals surface area contributed by atoms with Crippen LogP contribution in [0.4, 0.5) is 5.69 Å². The van der Waals surface area contributed by atoms with Gasteiger partial charge in [0.2, 0.25) is 5.91 Å². The summed E-state index contributed by atoms with van der Waals surface area (Å²) in [4.78, 5) is 19.6. The van der Waals surface area contributed by atoms with Crippen LogP contribution in [0.15, 0.2) is 48.8 Å². The van der Waals surface area contributed by atoms with Gasteiger partial charge in [-0.3, -0.25) is 9.89 Å². The third-order valence-corrected chi connectivity index (χ3v) is 5.27. The number of carbonyl (C=O) groups excluding carboxylic acids is 1. The van der Waals surface area contributed by atoms with E-state index in [1.807, 2.05) is 17.0 Å². The SMILES string of the molecule is O=C(C1CCNCC1)N(CCCc1ccccc1)c1ccnc2[nH]ncc12. The number of carbonyl (C=O) groups is 1. The molecular weight excluding hydrogens is 338 g/mol. The predicted octanol–water partition coefficient (Wildman–Crippen LogP) is 2.92. The fourth-order valence-corrected chi connectivity index (χ4v) is 3.80. The van der Waals surface area contributed by atoms with Crippen molar-refractivity contribution in [2.45, 2.75) is 25.7 Å². The second-order valence-corrected chi connectivity index (χ2v) is 7.07. The van der Waals surface area contributed by atoms with Crippen LogP contribution in [0.5, 0.6) is 0 Å². The van der Waals surface area contributed by atoms with Crippen LogP contribution in [-0.2, 0) is 11.2 Å². The Morgan fingerprint density at radius 3 is 2.78 bits per heavy atom. The predicted molar refractivity (Wildman–Crippen MR) is 107 cm³/mol. The second kappa shape index (κ2) is 8.31. The first kappa shape index (κ1) is 17.7. The summed E-state index contributed by atoms with van der Waals surface area (Å²) >= 11 is 0. The highest BCUT2D eigenvalue weighted by Crippen LogP contribution is 2.27. The first-order chi connectivity index (χ1) is 13.3. The molecule has 140 valence electrons. The number of H-pyrrole nitrogens is 1. The number of aromatic nitrogens is 3. The van der Waals surface area contributed by atoms with E-state index in [0.29, 0.717) is 6.54 Å². The number of hydrogen-bond donors (Lipinski definition) is 2. The Hall–Kier alpha value is -2.73. The molecule has 1 aliphatic rings. The van der Waals surface area contributed by atoms with E-state index in [1.54, 1.807) is 12.4 Å². The third-order valence-electron chi connectivity index (χ3n) is 5.27. The topological polar surface area (TPSA) is 73.9 Å². The lowest BCUT2D eigenvalue weighted by Crippen LogP contribution is -2.41. The molecule has 0 saturated carbocycles. The number of pyridine rings is 1. The van der Waals surface area contributed by atoms with Gasteiger partial charge in [0.15, 0.2) is 5.65 Å². The van der Waals surface area contributed by atoms with Gasteiger partial charge in [-0.1, -0.05) is 30.3 Å². The Kier molecular flexibility index (Phi) is 5.44. The van der Waals surface area contributed by atoms with Gasteiger partial charge in [-0.25, -0.2) is 4.98 Å². The van der Waals surface area contributed by atoms with E-state index in [2.05, 4.69) is 44.8 Å². The van der Waals surface area contributed by atoms with E-state index in [-0.39, 0.29) is 11.8 Å². The number of amides is 1. The molecule has 3 heterocycles. The molecule has 3 aromatic rings. The summed E-state index contributed by atoms with van der Waals surface area (Å²) in [5, 5.41) is 11.3. The molecule has 1 aromatic carbocycles. The van der Waals surface area contributed by atoms with Crippen LogP contribution in [0.3, 0.4) is 0 Å². The lowest BCUT2D eigenvalue weighted by molar-refractivity contribution is -0.123. The third kappa shape index (κ3) is 4.01. The maximum atomic E-state index is 13.4. The van der Waals surface area contributed by atoms with Crippen molar-refractivity contribution in [3.8, 4) is 0 Å². The molecule has 1 aliphatic heterocycles. The van der Waals surface area contributed by atoms with Gasteiger partial charge >= 0.3 is 0 Å². The summed E-state index contributed by atoms with van der Waals surface area (Å²) in [6.07, 6.45) is 7.17. The largest absolute Gasteiger partial charge is 0.317 e. The van der Waals surface area contributed by atoms with Gasteiger partial charge in [0.25, 0.3) is 0 Å². The summed E-state index contributed by atoms with van der Waals surface area (Å²) < 4.78 is 0. The number of nitrogens with zero attached hydrogens (tertiary/aromatic N) is 3. The van der Waals surface area contributed by atoms with Crippen molar-refractivity contribution >= 4 is 22.6 Å². The molecule has 27 heavy (non-hydrogen) atoms. The lowest BCUT2D eigenvalue weighted by atomic mass is 9.96. The number of aromatic amines is 1. The molecule has 6 nitrogen and oxygen atoms in total. The number of benzene rings is 1. The number of fused-ring (bicyclic) bond motifs is 1. The molecule has 2 aromatic heterocycles. The molecule has 1 amide bonds. The van der Waals surface area contributed by atoms with Crippen LogP contribution in [0.25, 0.3) is 11.0 Å². The number of nitrogens with one attached hydrogen (secondary N) is 2. The minimum absolute atomic E-state index is 0.0816. The van der Waals surface area contributed by atoms with E-state index >= 15 is 0 Å². The normalized spacial score (nSPS) is 15.1. The van der Waals surface area contributed by atoms with Crippen LogP contribution in [0.1, 0.15) is 24.8 Å². The highest BCUT2D eigenvalue weighted by molar-refractivity contribution is 6.02. The van der Waals surface area contributed by atoms with E-state index in [1.165, 1.54) is 5.56 Å². The number of aryl methyl sites for hydroxylation is 1. The van der Waals surface area contributed by atoms with E-state index in [4.69, 9.17) is 0 Å². The van der Waals surface area contributed by atoms with E-state index < -0.39 is 0 Å². The number of hydrogen-bond acceptors (Lipinski definition) is 4. The molecule has 1 fully saturated rings. The molecule has 0 radical (unpaired) electrons. The molecule has 0 atom stereocenters. The first-order valence-electron chi connectivity index (χ1n) is 9.67. The summed E-state index contributed by atoms with van der Waals surface area (Å²) in [5.41, 5.74) is 2.93. The Bertz CT molecular complexity index is 886. The molecule has 2 N–H and O–H groups in total. The zero-order valence-corrected chi connectivity index (χ0v) is 15.4. The van der Waals surface area contributed by atoms with Gasteiger partial charge in [-0.2, -0.15) is 5.10 Å². The Morgan fingerprint density at radius 1 is 1.15 bits per heavy atom. The maximum Gasteiger partial charge on any atom is 0.230 e. The highest BCUT2D eigenvalue weighted by atomic mass is 16.2. The van der Waals surface area contributed by atoms with Gasteiger partial charge in [-0.05, 0) is 50.4 Å². The molecule has 0 spiro atoms. The average Bonchev–Trinajstić information content (AvgIpc) is 3.21. The zero-order valence-electron chi connectivity index (χ0n) is 15.4. The summed E-state index contributed by atoms with van der Waals surface area (Å²) in [5.74, 6) is 0.302. The lowest BCUT2D eigenvalue weighted by Gasteiger charge is -2.30. The van der Waals surface area contributed by atoms with Crippen molar-refractivity contribution < 1.29 is 4.79 Å². The zero-order chi connectivity index (χ0) is 18.5. The molecule has 4 rings (SSSR count). The van der Waals surface area contributed by atoms with Crippen LogP contribution in [0, 0.1) is 5.92 Å². The highest BCUT2D eigenvalue weighted by Gasteiger charge is 2.27. The van der Waals surface area contributed by atoms with Gasteiger partial charge < -0.3 is 10.2 Å². The van der Waals surface area contributed by atoms with Crippen molar-refractivity contribution in [3.05, 3.63) is 54.4 Å². The van der Waals surface area contributed by atoms with Crippen LogP contribution in [0.2, 0.25) is 0 Å². The Morgan fingerprint density at radius 2 is 1.96 bits per heavy atom. The van der Waals surface area contributed by atoms with E-state index in [9.17, 15) is 4.79 Å². The second-order valence-electron chi connectivity index (χ2n) is 7.07. The van der Waals surface area contributed by atoms with Gasteiger partial charge in [-0.15, -0.1) is 0 Å². The Labute approximate surface area is 159 Å². The van der Waals surface area contributed by atoms with Crippen molar-refractivity contribution in [2.75, 3.05) is 24.5 Å². The summed E-state index contributed by atoms with van der Waals surface area (Å²) in [6.45, 7) is 2.51. The summed E-state index contributed by atoms with van der Waals surface area (Å²) in [6, 6.07) is 12.4. The minimum atomic E-state index is 0.0816. The number of rotatable bonds is 6.